The summed E-state index contributed by atoms with van der Waals surface area (Å²) in [5.41, 5.74) is 0. The minimum absolute atomic E-state index is 0.111. The Hall–Kier alpha value is 0.0800. The molecule has 0 saturated carbocycles. The molecule has 0 spiro atoms. The molecular formula is C7H8F5IO. The fourth-order valence-corrected chi connectivity index (χ4v) is 1.11. The molecule has 0 amide bonds. The molecule has 0 aromatic rings. The molecule has 0 saturated heterocycles. The van der Waals surface area contributed by atoms with Gasteiger partial charge in [-0.2, -0.15) is 13.2 Å². The van der Waals surface area contributed by atoms with Gasteiger partial charge in [0.1, 0.15) is 0 Å². The second-order valence-electron chi connectivity index (χ2n) is 2.55. The normalized spacial score (nSPS) is 16.1. The molecule has 0 rings (SSSR count). The Kier molecular flexibility index (Phi) is 5.87. The van der Waals surface area contributed by atoms with Crippen molar-refractivity contribution >= 4 is 22.6 Å². The van der Waals surface area contributed by atoms with Gasteiger partial charge < -0.3 is 5.11 Å². The maximum Gasteiger partial charge on any atom is 0.392 e. The predicted molar refractivity (Wildman–Crippen MR) is 49.4 cm³/mol. The fraction of sp³-hybridized carbons (Fsp3) is 0.714. The highest BCUT2D eigenvalue weighted by atomic mass is 127. The van der Waals surface area contributed by atoms with Gasteiger partial charge in [-0.05, 0) is 22.6 Å². The molecule has 1 unspecified atom stereocenters. The summed E-state index contributed by atoms with van der Waals surface area (Å²) < 4.78 is 58.3. The van der Waals surface area contributed by atoms with Gasteiger partial charge in [-0.15, -0.1) is 0 Å². The summed E-state index contributed by atoms with van der Waals surface area (Å²) in [6.45, 7) is 0. The van der Waals surface area contributed by atoms with Crippen LogP contribution in [-0.4, -0.2) is 23.8 Å². The lowest BCUT2D eigenvalue weighted by Gasteiger charge is -2.09. The van der Waals surface area contributed by atoms with Crippen LogP contribution in [0.25, 0.3) is 0 Å². The van der Waals surface area contributed by atoms with Gasteiger partial charge in [0.2, 0.25) is 6.43 Å². The Morgan fingerprint density at radius 1 is 1.36 bits per heavy atom. The second kappa shape index (κ2) is 5.84. The van der Waals surface area contributed by atoms with E-state index in [0.29, 0.717) is 6.08 Å². The zero-order valence-corrected chi connectivity index (χ0v) is 9.02. The van der Waals surface area contributed by atoms with Crippen LogP contribution in [0.15, 0.2) is 9.66 Å². The highest BCUT2D eigenvalue weighted by Crippen LogP contribution is 2.25. The van der Waals surface area contributed by atoms with E-state index in [4.69, 9.17) is 5.11 Å². The van der Waals surface area contributed by atoms with Crippen LogP contribution < -0.4 is 0 Å². The van der Waals surface area contributed by atoms with Gasteiger partial charge in [-0.1, -0.05) is 6.08 Å². The largest absolute Gasteiger partial charge is 0.392 e. The van der Waals surface area contributed by atoms with Crippen molar-refractivity contribution in [2.45, 2.75) is 31.5 Å². The summed E-state index contributed by atoms with van der Waals surface area (Å²) in [5, 5.41) is 8.96. The Balaban J connectivity index is 4.10. The Bertz CT molecular complexity index is 201. The topological polar surface area (TPSA) is 20.2 Å². The molecule has 1 N–H and O–H groups in total. The van der Waals surface area contributed by atoms with E-state index in [1.807, 2.05) is 0 Å². The lowest BCUT2D eigenvalue weighted by atomic mass is 10.2. The molecule has 0 fully saturated rings. The SMILES string of the molecule is OC(CC(F)F)/C(I)=C/CC(F)(F)F. The maximum absolute atomic E-state index is 11.7. The highest BCUT2D eigenvalue weighted by Gasteiger charge is 2.26. The van der Waals surface area contributed by atoms with Crippen molar-refractivity contribution in [1.82, 2.24) is 0 Å². The minimum Gasteiger partial charge on any atom is -0.388 e. The molecule has 84 valence electrons. The molecule has 0 radical (unpaired) electrons. The van der Waals surface area contributed by atoms with Crippen molar-refractivity contribution in [2.75, 3.05) is 0 Å². The van der Waals surface area contributed by atoms with E-state index in [1.165, 1.54) is 22.6 Å². The van der Waals surface area contributed by atoms with Crippen molar-refractivity contribution in [3.05, 3.63) is 9.66 Å². The monoisotopic (exact) mass is 330 g/mol. The quantitative estimate of drug-likeness (QED) is 0.620. The van der Waals surface area contributed by atoms with E-state index in [9.17, 15) is 22.0 Å². The molecule has 1 atom stereocenters. The third kappa shape index (κ3) is 7.48. The van der Waals surface area contributed by atoms with E-state index in [-0.39, 0.29) is 3.58 Å². The van der Waals surface area contributed by atoms with Crippen LogP contribution in [0.5, 0.6) is 0 Å². The van der Waals surface area contributed by atoms with Gasteiger partial charge in [-0.25, -0.2) is 8.78 Å². The second-order valence-corrected chi connectivity index (χ2v) is 3.80. The van der Waals surface area contributed by atoms with Crippen LogP contribution in [0.3, 0.4) is 0 Å². The number of hydrogen-bond acceptors (Lipinski definition) is 1. The van der Waals surface area contributed by atoms with Gasteiger partial charge >= 0.3 is 6.18 Å². The van der Waals surface area contributed by atoms with Crippen molar-refractivity contribution in [3.63, 3.8) is 0 Å². The van der Waals surface area contributed by atoms with Crippen molar-refractivity contribution in [3.8, 4) is 0 Å². The number of rotatable bonds is 4. The Labute approximate surface area is 91.1 Å². The molecule has 1 nitrogen and oxygen atoms in total. The standard InChI is InChI=1S/C7H8F5IO/c8-6(9)3-5(14)4(13)1-2-7(10,11)12/h1,5-6,14H,2-3H2/b4-1-. The van der Waals surface area contributed by atoms with E-state index in [0.717, 1.165) is 0 Å². The summed E-state index contributed by atoms with van der Waals surface area (Å²) in [6.07, 6.45) is -9.97. The first-order valence-electron chi connectivity index (χ1n) is 3.61. The zero-order valence-electron chi connectivity index (χ0n) is 6.86. The van der Waals surface area contributed by atoms with Crippen LogP contribution >= 0.6 is 22.6 Å². The van der Waals surface area contributed by atoms with Gasteiger partial charge in [0.15, 0.2) is 0 Å². The molecule has 14 heavy (non-hydrogen) atoms. The van der Waals surface area contributed by atoms with Gasteiger partial charge in [0.25, 0.3) is 0 Å². The number of hydrogen-bond donors (Lipinski definition) is 1. The van der Waals surface area contributed by atoms with Crippen molar-refractivity contribution < 1.29 is 27.1 Å². The number of halogens is 6. The van der Waals surface area contributed by atoms with E-state index in [1.54, 1.807) is 0 Å². The Morgan fingerprint density at radius 3 is 2.21 bits per heavy atom. The first-order valence-corrected chi connectivity index (χ1v) is 4.68. The fourth-order valence-electron chi connectivity index (χ4n) is 0.631. The van der Waals surface area contributed by atoms with Gasteiger partial charge in [-0.3, -0.25) is 0 Å². The molecule has 0 aliphatic rings. The number of aliphatic hydroxyl groups excluding tert-OH is 1. The van der Waals surface area contributed by atoms with Crippen molar-refractivity contribution in [1.29, 1.82) is 0 Å². The average molecular weight is 330 g/mol. The summed E-state index contributed by atoms with van der Waals surface area (Å²) in [7, 11) is 0. The molecule has 0 bridgehead atoms. The number of allylic oxidation sites excluding steroid dienone is 1. The summed E-state index contributed by atoms with van der Waals surface area (Å²) in [4.78, 5) is 0. The van der Waals surface area contributed by atoms with Gasteiger partial charge in [0.05, 0.1) is 12.5 Å². The zero-order chi connectivity index (χ0) is 11.4. The summed E-state index contributed by atoms with van der Waals surface area (Å²) in [5.74, 6) is 0. The predicted octanol–water partition coefficient (Wildman–Crippen LogP) is 3.27. The number of alkyl halides is 5. The Morgan fingerprint density at radius 2 is 1.86 bits per heavy atom. The molecule has 7 heteroatoms. The molecule has 0 aliphatic carbocycles. The molecular weight excluding hydrogens is 322 g/mol. The lowest BCUT2D eigenvalue weighted by molar-refractivity contribution is -0.125. The minimum atomic E-state index is -4.37. The molecule has 0 aromatic heterocycles. The first-order chi connectivity index (χ1) is 6.22. The van der Waals surface area contributed by atoms with E-state index >= 15 is 0 Å². The van der Waals surface area contributed by atoms with Crippen LogP contribution in [0.4, 0.5) is 22.0 Å². The first kappa shape index (κ1) is 14.1. The van der Waals surface area contributed by atoms with Gasteiger partial charge in [0, 0.05) is 10.0 Å². The highest BCUT2D eigenvalue weighted by molar-refractivity contribution is 14.1. The third-order valence-electron chi connectivity index (χ3n) is 1.25. The van der Waals surface area contributed by atoms with Crippen LogP contribution in [0.2, 0.25) is 0 Å². The maximum atomic E-state index is 11.7. The lowest BCUT2D eigenvalue weighted by Crippen LogP contribution is -2.12. The summed E-state index contributed by atoms with van der Waals surface area (Å²) in [6, 6.07) is 0. The number of aliphatic hydroxyl groups is 1. The van der Waals surface area contributed by atoms with Crippen LogP contribution in [0, 0.1) is 0 Å². The molecule has 0 heterocycles. The van der Waals surface area contributed by atoms with E-state index in [2.05, 4.69) is 0 Å². The van der Waals surface area contributed by atoms with E-state index < -0.39 is 31.5 Å². The van der Waals surface area contributed by atoms with Crippen LogP contribution in [0.1, 0.15) is 12.8 Å². The van der Waals surface area contributed by atoms with Crippen molar-refractivity contribution in [2.24, 2.45) is 0 Å². The molecule has 0 aromatic carbocycles. The summed E-state index contributed by atoms with van der Waals surface area (Å²) >= 11 is 1.42. The van der Waals surface area contributed by atoms with Crippen LogP contribution in [-0.2, 0) is 0 Å². The smallest absolute Gasteiger partial charge is 0.388 e. The average Bonchev–Trinajstić information content (AvgIpc) is 1.97. The molecule has 0 aliphatic heterocycles. The third-order valence-corrected chi connectivity index (χ3v) is 2.41.